The summed E-state index contributed by atoms with van der Waals surface area (Å²) in [5.41, 5.74) is 0.431. The third-order valence-corrected chi connectivity index (χ3v) is 4.96. The molecule has 0 aromatic heterocycles. The summed E-state index contributed by atoms with van der Waals surface area (Å²) >= 11 is 0. The van der Waals surface area contributed by atoms with Crippen LogP contribution in [-0.4, -0.2) is 86.6 Å². The predicted molar refractivity (Wildman–Crippen MR) is 87.6 cm³/mol. The van der Waals surface area contributed by atoms with E-state index in [4.69, 9.17) is 9.47 Å². The number of nitrogens with zero attached hydrogens (tertiary/aromatic N) is 3. The second-order valence-corrected chi connectivity index (χ2v) is 6.51. The molecule has 2 atom stereocenters. The van der Waals surface area contributed by atoms with E-state index in [1.165, 1.54) is 5.01 Å². The van der Waals surface area contributed by atoms with E-state index in [1.807, 2.05) is 0 Å². The summed E-state index contributed by atoms with van der Waals surface area (Å²) < 4.78 is 11.0. The van der Waals surface area contributed by atoms with Crippen LogP contribution in [0.5, 0.6) is 0 Å². The minimum Gasteiger partial charge on any atom is -0.381 e. The van der Waals surface area contributed by atoms with Crippen molar-refractivity contribution in [3.05, 3.63) is 0 Å². The summed E-state index contributed by atoms with van der Waals surface area (Å²) in [6.07, 6.45) is 1.77. The second kappa shape index (κ2) is 8.04. The molecule has 2 saturated heterocycles. The van der Waals surface area contributed by atoms with Gasteiger partial charge in [0.25, 0.3) is 5.91 Å². The lowest BCUT2D eigenvalue weighted by Gasteiger charge is -2.37. The largest absolute Gasteiger partial charge is 0.381 e. The fourth-order valence-electron chi connectivity index (χ4n) is 3.49. The number of rotatable bonds is 5. The summed E-state index contributed by atoms with van der Waals surface area (Å²) in [6.45, 7) is 5.35. The van der Waals surface area contributed by atoms with Gasteiger partial charge in [-0.1, -0.05) is 0 Å². The minimum atomic E-state index is -0.175. The lowest BCUT2D eigenvalue weighted by atomic mass is 9.96. The highest BCUT2D eigenvalue weighted by Gasteiger charge is 2.32. The molecule has 3 aliphatic heterocycles. The summed E-state index contributed by atoms with van der Waals surface area (Å²) in [5.74, 6) is 0.202. The maximum absolute atomic E-state index is 12.4. The molecule has 8 nitrogen and oxygen atoms in total. The van der Waals surface area contributed by atoms with E-state index in [1.54, 1.807) is 7.05 Å². The van der Waals surface area contributed by atoms with Crippen molar-refractivity contribution in [1.29, 1.82) is 0 Å². The standard InChI is InChI=1S/C16H26N4O4/c1-19-15(21)3-2-13(18-19)16(22)17-10-14(12-4-7-24-11-12)20-5-8-23-9-6-20/h12,14H,2-11H2,1H3,(H,17,22)/t12-,14+/m1/s1. The summed E-state index contributed by atoms with van der Waals surface area (Å²) in [7, 11) is 1.58. The number of amides is 2. The number of hydrogen-bond donors (Lipinski definition) is 1. The predicted octanol–water partition coefficient (Wildman–Crippen LogP) is -0.552. The van der Waals surface area contributed by atoms with Gasteiger partial charge in [-0.2, -0.15) is 5.10 Å². The Morgan fingerprint density at radius 3 is 2.75 bits per heavy atom. The molecule has 0 spiro atoms. The number of carbonyl (C=O) groups is 2. The lowest BCUT2D eigenvalue weighted by Crippen LogP contribution is -2.53. The van der Waals surface area contributed by atoms with Crippen molar-refractivity contribution in [2.45, 2.75) is 25.3 Å². The van der Waals surface area contributed by atoms with Gasteiger partial charge in [0, 0.05) is 58.1 Å². The van der Waals surface area contributed by atoms with Gasteiger partial charge in [0.2, 0.25) is 5.91 Å². The molecule has 0 aromatic carbocycles. The van der Waals surface area contributed by atoms with Gasteiger partial charge in [-0.05, 0) is 6.42 Å². The average molecular weight is 338 g/mol. The highest BCUT2D eigenvalue weighted by atomic mass is 16.5. The molecule has 0 radical (unpaired) electrons. The normalized spacial score (nSPS) is 27.0. The van der Waals surface area contributed by atoms with Gasteiger partial charge in [0.1, 0.15) is 5.71 Å². The van der Waals surface area contributed by atoms with Crippen molar-refractivity contribution in [3.8, 4) is 0 Å². The first-order chi connectivity index (χ1) is 11.6. The van der Waals surface area contributed by atoms with E-state index >= 15 is 0 Å². The molecule has 0 bridgehead atoms. The van der Waals surface area contributed by atoms with Crippen molar-refractivity contribution in [1.82, 2.24) is 15.2 Å². The Hall–Kier alpha value is -1.51. The molecular formula is C16H26N4O4. The summed E-state index contributed by atoms with van der Waals surface area (Å²) in [5, 5.41) is 8.35. The van der Waals surface area contributed by atoms with Crippen LogP contribution in [0.1, 0.15) is 19.3 Å². The smallest absolute Gasteiger partial charge is 0.267 e. The maximum Gasteiger partial charge on any atom is 0.267 e. The summed E-state index contributed by atoms with van der Waals surface area (Å²) in [4.78, 5) is 26.3. The molecule has 0 aromatic rings. The van der Waals surface area contributed by atoms with Crippen LogP contribution in [0.2, 0.25) is 0 Å². The fraction of sp³-hybridized carbons (Fsp3) is 0.812. The van der Waals surface area contributed by atoms with E-state index in [9.17, 15) is 9.59 Å². The number of hydrazone groups is 1. The number of carbonyl (C=O) groups excluding carboxylic acids is 2. The molecule has 0 saturated carbocycles. The Balaban J connectivity index is 1.59. The molecule has 8 heteroatoms. The second-order valence-electron chi connectivity index (χ2n) is 6.51. The lowest BCUT2D eigenvalue weighted by molar-refractivity contribution is -0.130. The Morgan fingerprint density at radius 1 is 1.29 bits per heavy atom. The van der Waals surface area contributed by atoms with Crippen LogP contribution in [0, 0.1) is 5.92 Å². The third kappa shape index (κ3) is 4.12. The van der Waals surface area contributed by atoms with Crippen molar-refractivity contribution in [2.24, 2.45) is 11.0 Å². The van der Waals surface area contributed by atoms with E-state index in [0.717, 1.165) is 45.9 Å². The molecule has 2 amide bonds. The molecular weight excluding hydrogens is 312 g/mol. The van der Waals surface area contributed by atoms with Crippen LogP contribution in [0.3, 0.4) is 0 Å². The monoisotopic (exact) mass is 338 g/mol. The first kappa shape index (κ1) is 17.3. The van der Waals surface area contributed by atoms with E-state index < -0.39 is 0 Å². The Kier molecular flexibility index (Phi) is 5.80. The third-order valence-electron chi connectivity index (χ3n) is 4.96. The van der Waals surface area contributed by atoms with Gasteiger partial charge in [0.15, 0.2) is 0 Å². The molecule has 0 aliphatic carbocycles. The highest BCUT2D eigenvalue weighted by Crippen LogP contribution is 2.22. The Morgan fingerprint density at radius 2 is 2.08 bits per heavy atom. The molecule has 134 valence electrons. The average Bonchev–Trinajstić information content (AvgIpc) is 3.12. The van der Waals surface area contributed by atoms with Crippen LogP contribution in [0.25, 0.3) is 0 Å². The highest BCUT2D eigenvalue weighted by molar-refractivity contribution is 6.39. The van der Waals surface area contributed by atoms with Crippen molar-refractivity contribution in [3.63, 3.8) is 0 Å². The Bertz CT molecular complexity index is 498. The maximum atomic E-state index is 12.4. The molecule has 24 heavy (non-hydrogen) atoms. The van der Waals surface area contributed by atoms with Gasteiger partial charge in [-0.3, -0.25) is 14.5 Å². The van der Waals surface area contributed by atoms with E-state index in [2.05, 4.69) is 15.3 Å². The van der Waals surface area contributed by atoms with Crippen molar-refractivity contribution in [2.75, 3.05) is 53.1 Å². The zero-order valence-corrected chi connectivity index (χ0v) is 14.2. The first-order valence-electron chi connectivity index (χ1n) is 8.67. The molecule has 3 rings (SSSR count). The molecule has 3 aliphatic rings. The van der Waals surface area contributed by atoms with Gasteiger partial charge < -0.3 is 14.8 Å². The number of morpholine rings is 1. The first-order valence-corrected chi connectivity index (χ1v) is 8.67. The van der Waals surface area contributed by atoms with Crippen LogP contribution < -0.4 is 5.32 Å². The quantitative estimate of drug-likeness (QED) is 0.727. The van der Waals surface area contributed by atoms with Crippen LogP contribution in [0.4, 0.5) is 0 Å². The zero-order valence-electron chi connectivity index (χ0n) is 14.2. The number of ether oxygens (including phenoxy) is 2. The topological polar surface area (TPSA) is 83.5 Å². The van der Waals surface area contributed by atoms with Gasteiger partial charge in [-0.25, -0.2) is 5.01 Å². The van der Waals surface area contributed by atoms with Gasteiger partial charge >= 0.3 is 0 Å². The Labute approximate surface area is 142 Å². The van der Waals surface area contributed by atoms with E-state index in [0.29, 0.717) is 31.0 Å². The van der Waals surface area contributed by atoms with Gasteiger partial charge in [0.05, 0.1) is 19.8 Å². The van der Waals surface area contributed by atoms with Crippen LogP contribution in [0.15, 0.2) is 5.10 Å². The SMILES string of the molecule is CN1N=C(C(=O)NC[C@@H]([C@@H]2CCOC2)N2CCOCC2)CCC1=O. The number of nitrogens with one attached hydrogen (secondary N) is 1. The molecule has 3 heterocycles. The van der Waals surface area contributed by atoms with Crippen LogP contribution in [-0.2, 0) is 19.1 Å². The molecule has 1 N–H and O–H groups in total. The zero-order chi connectivity index (χ0) is 16.9. The fourth-order valence-corrected chi connectivity index (χ4v) is 3.49. The molecule has 0 unspecified atom stereocenters. The van der Waals surface area contributed by atoms with Crippen molar-refractivity contribution < 1.29 is 19.1 Å². The molecule has 2 fully saturated rings. The van der Waals surface area contributed by atoms with Crippen molar-refractivity contribution >= 4 is 17.5 Å². The van der Waals surface area contributed by atoms with E-state index in [-0.39, 0.29) is 17.9 Å². The van der Waals surface area contributed by atoms with Crippen LogP contribution >= 0.6 is 0 Å². The minimum absolute atomic E-state index is 0.0548. The number of hydrogen-bond acceptors (Lipinski definition) is 6. The van der Waals surface area contributed by atoms with Gasteiger partial charge in [-0.15, -0.1) is 0 Å². The summed E-state index contributed by atoms with van der Waals surface area (Å²) in [6, 6.07) is 0.254.